The highest BCUT2D eigenvalue weighted by atomic mass is 32.2. The number of anilines is 1. The van der Waals surface area contributed by atoms with Crippen molar-refractivity contribution in [1.82, 2.24) is 0 Å². The number of ether oxygens (including phenoxy) is 1. The summed E-state index contributed by atoms with van der Waals surface area (Å²) >= 11 is 0. The Morgan fingerprint density at radius 3 is 2.68 bits per heavy atom. The molecule has 0 aromatic heterocycles. The van der Waals surface area contributed by atoms with E-state index in [2.05, 4.69) is 5.32 Å². The van der Waals surface area contributed by atoms with E-state index in [0.717, 1.165) is 16.7 Å². The molecule has 0 saturated heterocycles. The molecule has 114 valence electrons. The van der Waals surface area contributed by atoms with E-state index in [1.54, 1.807) is 18.2 Å². The summed E-state index contributed by atoms with van der Waals surface area (Å²) in [6.45, 7) is 1.86. The molecule has 0 radical (unpaired) electrons. The van der Waals surface area contributed by atoms with Gasteiger partial charge in [0.05, 0.1) is 10.6 Å². The summed E-state index contributed by atoms with van der Waals surface area (Å²) in [7, 11) is -3.77. The van der Waals surface area contributed by atoms with Crippen LogP contribution in [0.3, 0.4) is 0 Å². The third kappa shape index (κ3) is 2.68. The lowest BCUT2D eigenvalue weighted by molar-refractivity contribution is -0.118. The first kappa shape index (κ1) is 14.6. The standard InChI is InChI=1S/C15H14N2O4S/c1-9-2-4-11(22(16,19)20)7-12(9)10-3-5-14-13(6-10)17-15(18)8-21-14/h2-7H,8H2,1H3,(H,17,18)(H2,16,19,20). The lowest BCUT2D eigenvalue weighted by Gasteiger charge is -2.19. The highest BCUT2D eigenvalue weighted by molar-refractivity contribution is 7.89. The number of carbonyl (C=O) groups is 1. The number of nitrogens with one attached hydrogen (secondary N) is 1. The van der Waals surface area contributed by atoms with Crippen LogP contribution in [0.25, 0.3) is 11.1 Å². The quantitative estimate of drug-likeness (QED) is 0.879. The molecule has 1 aliphatic heterocycles. The van der Waals surface area contributed by atoms with Gasteiger partial charge in [0, 0.05) is 0 Å². The number of amides is 1. The van der Waals surface area contributed by atoms with E-state index < -0.39 is 10.0 Å². The average molecular weight is 318 g/mol. The lowest BCUT2D eigenvalue weighted by Crippen LogP contribution is -2.25. The summed E-state index contributed by atoms with van der Waals surface area (Å²) in [6, 6.07) is 10.00. The topological polar surface area (TPSA) is 98.5 Å². The smallest absolute Gasteiger partial charge is 0.262 e. The third-order valence-corrected chi connectivity index (χ3v) is 4.37. The van der Waals surface area contributed by atoms with E-state index >= 15 is 0 Å². The number of hydrogen-bond donors (Lipinski definition) is 2. The number of benzene rings is 2. The molecular formula is C15H14N2O4S. The molecule has 3 N–H and O–H groups in total. The number of aryl methyl sites for hydroxylation is 1. The number of carbonyl (C=O) groups excluding carboxylic acids is 1. The summed E-state index contributed by atoms with van der Waals surface area (Å²) < 4.78 is 28.3. The van der Waals surface area contributed by atoms with Crippen molar-refractivity contribution in [3.8, 4) is 16.9 Å². The minimum atomic E-state index is -3.77. The van der Waals surface area contributed by atoms with Crippen molar-refractivity contribution >= 4 is 21.6 Å². The summed E-state index contributed by atoms with van der Waals surface area (Å²) in [4.78, 5) is 11.4. The van der Waals surface area contributed by atoms with Gasteiger partial charge in [-0.1, -0.05) is 12.1 Å². The van der Waals surface area contributed by atoms with Crippen LogP contribution in [0, 0.1) is 6.92 Å². The predicted octanol–water partition coefficient (Wildman–Crippen LogP) is 1.64. The van der Waals surface area contributed by atoms with Gasteiger partial charge >= 0.3 is 0 Å². The van der Waals surface area contributed by atoms with Gasteiger partial charge in [0.2, 0.25) is 10.0 Å². The molecule has 0 atom stereocenters. The molecule has 3 rings (SSSR count). The average Bonchev–Trinajstić information content (AvgIpc) is 2.45. The maximum Gasteiger partial charge on any atom is 0.262 e. The number of rotatable bonds is 2. The third-order valence-electron chi connectivity index (χ3n) is 3.46. The van der Waals surface area contributed by atoms with Gasteiger partial charge in [-0.3, -0.25) is 4.79 Å². The van der Waals surface area contributed by atoms with Crippen molar-refractivity contribution < 1.29 is 17.9 Å². The van der Waals surface area contributed by atoms with Crippen LogP contribution in [0.4, 0.5) is 5.69 Å². The van der Waals surface area contributed by atoms with Crippen LogP contribution in [-0.4, -0.2) is 20.9 Å². The minimum absolute atomic E-state index is 0.00766. The van der Waals surface area contributed by atoms with Gasteiger partial charge in [0.15, 0.2) is 6.61 Å². The number of fused-ring (bicyclic) bond motifs is 1. The van der Waals surface area contributed by atoms with E-state index in [4.69, 9.17) is 9.88 Å². The van der Waals surface area contributed by atoms with Crippen molar-refractivity contribution in [2.24, 2.45) is 5.14 Å². The Balaban J connectivity index is 2.12. The molecule has 2 aromatic carbocycles. The Hall–Kier alpha value is -2.38. The van der Waals surface area contributed by atoms with E-state index in [-0.39, 0.29) is 17.4 Å². The molecule has 22 heavy (non-hydrogen) atoms. The molecule has 1 amide bonds. The van der Waals surface area contributed by atoms with E-state index in [9.17, 15) is 13.2 Å². The van der Waals surface area contributed by atoms with Crippen molar-refractivity contribution in [3.63, 3.8) is 0 Å². The molecule has 0 unspecified atom stereocenters. The first-order chi connectivity index (χ1) is 10.3. The fourth-order valence-corrected chi connectivity index (χ4v) is 2.88. The first-order valence-electron chi connectivity index (χ1n) is 6.55. The first-order valence-corrected chi connectivity index (χ1v) is 8.10. The van der Waals surface area contributed by atoms with E-state index in [1.165, 1.54) is 12.1 Å². The van der Waals surface area contributed by atoms with E-state index in [0.29, 0.717) is 11.4 Å². The molecule has 0 fully saturated rings. The van der Waals surface area contributed by atoms with Gasteiger partial charge in [-0.15, -0.1) is 0 Å². The monoisotopic (exact) mass is 318 g/mol. The number of hydrogen-bond acceptors (Lipinski definition) is 4. The van der Waals surface area contributed by atoms with Crippen molar-refractivity contribution in [1.29, 1.82) is 0 Å². The highest BCUT2D eigenvalue weighted by Gasteiger charge is 2.17. The van der Waals surface area contributed by atoms with Gasteiger partial charge in [-0.25, -0.2) is 13.6 Å². The molecule has 2 aromatic rings. The van der Waals surface area contributed by atoms with Gasteiger partial charge in [0.25, 0.3) is 5.91 Å². The zero-order valence-corrected chi connectivity index (χ0v) is 12.6. The molecular weight excluding hydrogens is 304 g/mol. The maximum atomic E-state index is 11.5. The van der Waals surface area contributed by atoms with E-state index in [1.807, 2.05) is 13.0 Å². The fourth-order valence-electron chi connectivity index (χ4n) is 2.34. The lowest BCUT2D eigenvalue weighted by atomic mass is 10.00. The Labute approximate surface area is 128 Å². The number of sulfonamides is 1. The zero-order valence-electron chi connectivity index (χ0n) is 11.8. The molecule has 0 spiro atoms. The van der Waals surface area contributed by atoms with Crippen LogP contribution < -0.4 is 15.2 Å². The minimum Gasteiger partial charge on any atom is -0.482 e. The Morgan fingerprint density at radius 1 is 1.18 bits per heavy atom. The molecule has 0 bridgehead atoms. The Kier molecular flexibility index (Phi) is 3.38. The van der Waals surface area contributed by atoms with Crippen molar-refractivity contribution in [2.75, 3.05) is 11.9 Å². The number of nitrogens with two attached hydrogens (primary N) is 1. The number of primary sulfonamides is 1. The highest BCUT2D eigenvalue weighted by Crippen LogP contribution is 2.34. The summed E-state index contributed by atoms with van der Waals surface area (Å²) in [5.41, 5.74) is 2.96. The predicted molar refractivity (Wildman–Crippen MR) is 82.1 cm³/mol. The van der Waals surface area contributed by atoms with Crippen LogP contribution in [0.5, 0.6) is 5.75 Å². The second kappa shape index (κ2) is 5.11. The second-order valence-corrected chi connectivity index (χ2v) is 6.63. The van der Waals surface area contributed by atoms with Crippen LogP contribution in [0.1, 0.15) is 5.56 Å². The fraction of sp³-hybridized carbons (Fsp3) is 0.133. The van der Waals surface area contributed by atoms with Crippen LogP contribution in [-0.2, 0) is 14.8 Å². The molecule has 1 heterocycles. The summed E-state index contributed by atoms with van der Waals surface area (Å²) in [6.07, 6.45) is 0. The molecule has 0 aliphatic carbocycles. The Morgan fingerprint density at radius 2 is 1.95 bits per heavy atom. The van der Waals surface area contributed by atoms with Crippen LogP contribution >= 0.6 is 0 Å². The summed E-state index contributed by atoms with van der Waals surface area (Å²) in [5.74, 6) is 0.364. The van der Waals surface area contributed by atoms with Crippen molar-refractivity contribution in [3.05, 3.63) is 42.0 Å². The van der Waals surface area contributed by atoms with Gasteiger partial charge in [0.1, 0.15) is 5.75 Å². The molecule has 7 heteroatoms. The molecule has 1 aliphatic rings. The van der Waals surface area contributed by atoms with Gasteiger partial charge in [-0.2, -0.15) is 0 Å². The second-order valence-electron chi connectivity index (χ2n) is 5.07. The van der Waals surface area contributed by atoms with Gasteiger partial charge < -0.3 is 10.1 Å². The molecule has 6 nitrogen and oxygen atoms in total. The maximum absolute atomic E-state index is 11.5. The normalized spacial score (nSPS) is 14.0. The summed E-state index contributed by atoms with van der Waals surface area (Å²) in [5, 5.41) is 7.91. The SMILES string of the molecule is Cc1ccc(S(N)(=O)=O)cc1-c1ccc2c(c1)NC(=O)CO2. The molecule has 0 saturated carbocycles. The Bertz CT molecular complexity index is 875. The zero-order chi connectivity index (χ0) is 15.9. The van der Waals surface area contributed by atoms with Gasteiger partial charge in [-0.05, 0) is 47.9 Å². The largest absolute Gasteiger partial charge is 0.482 e. The van der Waals surface area contributed by atoms with Crippen molar-refractivity contribution in [2.45, 2.75) is 11.8 Å². The van der Waals surface area contributed by atoms with Crippen LogP contribution in [0.2, 0.25) is 0 Å². The van der Waals surface area contributed by atoms with Crippen LogP contribution in [0.15, 0.2) is 41.3 Å².